The van der Waals surface area contributed by atoms with E-state index in [1.165, 1.54) is 0 Å². The van der Waals surface area contributed by atoms with Crippen LogP contribution in [0.15, 0.2) is 66.7 Å². The number of hydrogen-bond donors (Lipinski definition) is 3. The molecule has 0 saturated heterocycles. The standard InChI is InChI=1S/C26H22Cl2N2O2/c1-14-5-2-3-6-17(14)26(32)29-16-9-10-23-20(13-16)18-7-4-8-19(18)24(30-23)21-11-15(27)12-22(28)25(21)31/h2-7,9-13,18-19,24,30-31H,8H2,1H3,(H,29,32). The number of nitrogens with one attached hydrogen (secondary N) is 2. The number of aryl methyl sites for hydroxylation is 1. The van der Waals surface area contributed by atoms with Crippen LogP contribution in [-0.2, 0) is 0 Å². The Kier molecular flexibility index (Phi) is 5.36. The lowest BCUT2D eigenvalue weighted by Gasteiger charge is -2.38. The van der Waals surface area contributed by atoms with Gasteiger partial charge < -0.3 is 15.7 Å². The molecule has 0 radical (unpaired) electrons. The van der Waals surface area contributed by atoms with Crippen molar-refractivity contribution in [2.24, 2.45) is 5.92 Å². The number of phenolic OH excluding ortho intramolecular Hbond substituents is 1. The van der Waals surface area contributed by atoms with E-state index in [1.54, 1.807) is 12.1 Å². The van der Waals surface area contributed by atoms with Crippen LogP contribution in [0.1, 0.15) is 45.4 Å². The van der Waals surface area contributed by atoms with Crippen molar-refractivity contribution in [3.8, 4) is 5.75 Å². The number of anilines is 2. The Morgan fingerprint density at radius 1 is 1.09 bits per heavy atom. The molecule has 2 aliphatic rings. The highest BCUT2D eigenvalue weighted by Crippen LogP contribution is 2.52. The fourth-order valence-corrected chi connectivity index (χ4v) is 5.34. The third-order valence-corrected chi connectivity index (χ3v) is 6.91. The summed E-state index contributed by atoms with van der Waals surface area (Å²) in [6.07, 6.45) is 5.24. The van der Waals surface area contributed by atoms with Crippen molar-refractivity contribution in [3.05, 3.63) is 99.0 Å². The van der Waals surface area contributed by atoms with Crippen molar-refractivity contribution in [3.63, 3.8) is 0 Å². The normalized spacial score (nSPS) is 20.9. The third-order valence-electron chi connectivity index (χ3n) is 6.40. The van der Waals surface area contributed by atoms with Gasteiger partial charge in [0.1, 0.15) is 5.75 Å². The lowest BCUT2D eigenvalue weighted by atomic mass is 9.76. The number of rotatable bonds is 3. The second-order valence-electron chi connectivity index (χ2n) is 8.37. The zero-order chi connectivity index (χ0) is 22.4. The molecular formula is C26H22Cl2N2O2. The van der Waals surface area contributed by atoms with Crippen molar-refractivity contribution in [1.82, 2.24) is 0 Å². The number of benzene rings is 3. The van der Waals surface area contributed by atoms with Gasteiger partial charge in [0, 0.05) is 33.4 Å². The van der Waals surface area contributed by atoms with Gasteiger partial charge >= 0.3 is 0 Å². The number of hydrogen-bond acceptors (Lipinski definition) is 3. The Morgan fingerprint density at radius 3 is 2.72 bits per heavy atom. The second-order valence-corrected chi connectivity index (χ2v) is 9.22. The quantitative estimate of drug-likeness (QED) is 0.362. The molecule has 1 amide bonds. The van der Waals surface area contributed by atoms with Gasteiger partial charge in [-0.05, 0) is 66.8 Å². The monoisotopic (exact) mass is 464 g/mol. The number of aromatic hydroxyl groups is 1. The van der Waals surface area contributed by atoms with Crippen LogP contribution in [0.4, 0.5) is 11.4 Å². The number of phenols is 1. The number of carbonyl (C=O) groups excluding carboxylic acids is 1. The lowest BCUT2D eigenvalue weighted by Crippen LogP contribution is -2.29. The first kappa shape index (κ1) is 20.9. The van der Waals surface area contributed by atoms with E-state index >= 15 is 0 Å². The highest BCUT2D eigenvalue weighted by Gasteiger charge is 2.39. The van der Waals surface area contributed by atoms with Crippen molar-refractivity contribution in [2.75, 3.05) is 10.6 Å². The molecule has 6 heteroatoms. The number of allylic oxidation sites excluding steroid dienone is 2. The fourth-order valence-electron chi connectivity index (χ4n) is 4.83. The summed E-state index contributed by atoms with van der Waals surface area (Å²) in [5.41, 5.74) is 5.14. The summed E-state index contributed by atoms with van der Waals surface area (Å²) in [7, 11) is 0. The van der Waals surface area contributed by atoms with Gasteiger partial charge in [-0.1, -0.05) is 53.6 Å². The second kappa shape index (κ2) is 8.19. The molecule has 3 atom stereocenters. The van der Waals surface area contributed by atoms with E-state index in [1.807, 2.05) is 49.4 Å². The molecule has 0 fully saturated rings. The van der Waals surface area contributed by atoms with Crippen LogP contribution in [0, 0.1) is 12.8 Å². The SMILES string of the molecule is Cc1ccccc1C(=O)Nc1ccc2c(c1)C1C=CCC1C(c1cc(Cl)cc(Cl)c1O)N2. The van der Waals surface area contributed by atoms with Gasteiger partial charge in [-0.2, -0.15) is 0 Å². The maximum Gasteiger partial charge on any atom is 0.255 e. The molecule has 0 saturated carbocycles. The van der Waals surface area contributed by atoms with E-state index in [0.29, 0.717) is 16.1 Å². The number of carbonyl (C=O) groups is 1. The molecule has 1 heterocycles. The van der Waals surface area contributed by atoms with E-state index in [2.05, 4.69) is 22.8 Å². The minimum absolute atomic E-state index is 0.0600. The Bertz CT molecular complexity index is 1250. The van der Waals surface area contributed by atoms with Gasteiger partial charge in [-0.25, -0.2) is 0 Å². The van der Waals surface area contributed by atoms with E-state index in [0.717, 1.165) is 28.9 Å². The molecule has 0 aromatic heterocycles. The highest BCUT2D eigenvalue weighted by molar-refractivity contribution is 6.35. The molecule has 0 bridgehead atoms. The molecule has 4 nitrogen and oxygen atoms in total. The summed E-state index contributed by atoms with van der Waals surface area (Å²) in [6.45, 7) is 1.93. The van der Waals surface area contributed by atoms with Crippen LogP contribution in [0.3, 0.4) is 0 Å². The topological polar surface area (TPSA) is 61.4 Å². The van der Waals surface area contributed by atoms with Gasteiger partial charge in [0.05, 0.1) is 11.1 Å². The average molecular weight is 465 g/mol. The molecule has 5 rings (SSSR count). The predicted molar refractivity (Wildman–Crippen MR) is 130 cm³/mol. The van der Waals surface area contributed by atoms with Crippen LogP contribution >= 0.6 is 23.2 Å². The molecule has 1 aliphatic heterocycles. The molecule has 1 aliphatic carbocycles. The zero-order valence-corrected chi connectivity index (χ0v) is 18.9. The Hall–Kier alpha value is -2.95. The van der Waals surface area contributed by atoms with E-state index < -0.39 is 0 Å². The third kappa shape index (κ3) is 3.64. The van der Waals surface area contributed by atoms with Crippen molar-refractivity contribution >= 4 is 40.5 Å². The summed E-state index contributed by atoms with van der Waals surface area (Å²) in [4.78, 5) is 12.8. The molecule has 162 valence electrons. The summed E-state index contributed by atoms with van der Waals surface area (Å²) in [5.74, 6) is 0.292. The van der Waals surface area contributed by atoms with Crippen molar-refractivity contribution < 1.29 is 9.90 Å². The summed E-state index contributed by atoms with van der Waals surface area (Å²) in [6, 6.07) is 16.6. The van der Waals surface area contributed by atoms with Crippen molar-refractivity contribution in [1.29, 1.82) is 0 Å². The van der Waals surface area contributed by atoms with Crippen LogP contribution in [0.2, 0.25) is 10.0 Å². The molecule has 0 spiro atoms. The fraction of sp³-hybridized carbons (Fsp3) is 0.192. The largest absolute Gasteiger partial charge is 0.506 e. The molecule has 3 unspecified atom stereocenters. The molecule has 3 aromatic carbocycles. The smallest absolute Gasteiger partial charge is 0.255 e. The first-order valence-electron chi connectivity index (χ1n) is 10.5. The van der Waals surface area contributed by atoms with Crippen molar-refractivity contribution in [2.45, 2.75) is 25.3 Å². The summed E-state index contributed by atoms with van der Waals surface area (Å²) < 4.78 is 0. The van der Waals surface area contributed by atoms with Gasteiger partial charge in [-0.15, -0.1) is 0 Å². The van der Waals surface area contributed by atoms with Gasteiger partial charge in [0.2, 0.25) is 0 Å². The van der Waals surface area contributed by atoms with Gasteiger partial charge in [-0.3, -0.25) is 4.79 Å². The van der Waals surface area contributed by atoms with Crippen LogP contribution < -0.4 is 10.6 Å². The van der Waals surface area contributed by atoms with E-state index in [9.17, 15) is 9.90 Å². The average Bonchev–Trinajstić information content (AvgIpc) is 3.26. The predicted octanol–water partition coefficient (Wildman–Crippen LogP) is 7.09. The lowest BCUT2D eigenvalue weighted by molar-refractivity contribution is 0.102. The summed E-state index contributed by atoms with van der Waals surface area (Å²) in [5, 5.41) is 18.0. The maximum absolute atomic E-state index is 12.8. The van der Waals surface area contributed by atoms with Crippen LogP contribution in [0.25, 0.3) is 0 Å². The van der Waals surface area contributed by atoms with Crippen LogP contribution in [0.5, 0.6) is 5.75 Å². The Morgan fingerprint density at radius 2 is 1.91 bits per heavy atom. The van der Waals surface area contributed by atoms with Gasteiger partial charge in [0.15, 0.2) is 0 Å². The summed E-state index contributed by atoms with van der Waals surface area (Å²) >= 11 is 12.4. The molecule has 3 aromatic rings. The van der Waals surface area contributed by atoms with E-state index in [-0.39, 0.29) is 34.6 Å². The minimum atomic E-state index is -0.133. The first-order chi connectivity index (χ1) is 15.4. The number of amides is 1. The number of halogens is 2. The van der Waals surface area contributed by atoms with E-state index in [4.69, 9.17) is 23.2 Å². The Labute approximate surface area is 196 Å². The maximum atomic E-state index is 12.8. The minimum Gasteiger partial charge on any atom is -0.506 e. The highest BCUT2D eigenvalue weighted by atomic mass is 35.5. The van der Waals surface area contributed by atoms with Gasteiger partial charge in [0.25, 0.3) is 5.91 Å². The molecule has 32 heavy (non-hydrogen) atoms. The molecular weight excluding hydrogens is 443 g/mol. The molecule has 3 N–H and O–H groups in total. The zero-order valence-electron chi connectivity index (χ0n) is 17.4. The van der Waals surface area contributed by atoms with Crippen LogP contribution in [-0.4, -0.2) is 11.0 Å². The number of fused-ring (bicyclic) bond motifs is 3. The first-order valence-corrected chi connectivity index (χ1v) is 11.3. The Balaban J connectivity index is 1.48.